The third-order valence-corrected chi connectivity index (χ3v) is 4.95. The maximum absolute atomic E-state index is 14.3. The minimum atomic E-state index is -1.43. The molecule has 0 amide bonds. The topological polar surface area (TPSA) is 26.3 Å². The first-order chi connectivity index (χ1) is 11.7. The van der Waals surface area contributed by atoms with E-state index in [1.165, 1.54) is 0 Å². The Hall–Kier alpha value is -2.22. The van der Waals surface area contributed by atoms with Gasteiger partial charge in [0.25, 0.3) is 0 Å². The lowest BCUT2D eigenvalue weighted by molar-refractivity contribution is -0.147. The van der Waals surface area contributed by atoms with E-state index >= 15 is 0 Å². The van der Waals surface area contributed by atoms with Gasteiger partial charge in [-0.3, -0.25) is 4.79 Å². The van der Waals surface area contributed by atoms with Crippen LogP contribution in [0.25, 0.3) is 0 Å². The van der Waals surface area contributed by atoms with E-state index in [1.807, 2.05) is 38.8 Å². The predicted octanol–water partition coefficient (Wildman–Crippen LogP) is 4.54. The molecule has 0 N–H and O–H groups in total. The smallest absolute Gasteiger partial charge is 0.310 e. The van der Waals surface area contributed by atoms with Crippen LogP contribution in [0.5, 0.6) is 0 Å². The Balaban J connectivity index is 2.25. The van der Waals surface area contributed by atoms with E-state index in [9.17, 15) is 18.0 Å². The molecule has 0 bridgehead atoms. The molecule has 0 heterocycles. The largest absolute Gasteiger partial charge is 0.460 e. The zero-order valence-electron chi connectivity index (χ0n) is 14.8. The summed E-state index contributed by atoms with van der Waals surface area (Å²) in [4.78, 5) is 12.3. The number of halogens is 3. The van der Waals surface area contributed by atoms with Crippen LogP contribution in [0.4, 0.5) is 13.2 Å². The van der Waals surface area contributed by atoms with Gasteiger partial charge in [0.05, 0.1) is 11.5 Å². The van der Waals surface area contributed by atoms with E-state index in [0.717, 1.165) is 0 Å². The fourth-order valence-corrected chi connectivity index (χ4v) is 3.33. The monoisotopic (exact) mass is 350 g/mol. The van der Waals surface area contributed by atoms with Gasteiger partial charge in [0, 0.05) is 5.56 Å². The predicted molar refractivity (Wildman–Crippen MR) is 89.0 cm³/mol. The number of hydrogen-bond acceptors (Lipinski definition) is 2. The van der Waals surface area contributed by atoms with Crippen molar-refractivity contribution in [1.82, 2.24) is 0 Å². The molecule has 0 spiro atoms. The van der Waals surface area contributed by atoms with Crippen molar-refractivity contribution in [3.05, 3.63) is 46.3 Å². The average Bonchev–Trinajstić information content (AvgIpc) is 3.11. The number of allylic oxidation sites excluding steroid dienone is 2. The van der Waals surface area contributed by atoms with Gasteiger partial charge in [0.15, 0.2) is 11.6 Å². The van der Waals surface area contributed by atoms with E-state index in [0.29, 0.717) is 0 Å². The van der Waals surface area contributed by atoms with Crippen molar-refractivity contribution in [2.75, 3.05) is 0 Å². The highest BCUT2D eigenvalue weighted by Gasteiger charge is 2.61. The van der Waals surface area contributed by atoms with Crippen molar-refractivity contribution in [2.24, 2.45) is 17.3 Å². The number of benzene rings is 1. The minimum Gasteiger partial charge on any atom is -0.460 e. The van der Waals surface area contributed by atoms with Crippen molar-refractivity contribution in [3.8, 4) is 12.3 Å². The summed E-state index contributed by atoms with van der Waals surface area (Å²) in [6, 6.07) is 0. The molecule has 5 heteroatoms. The minimum absolute atomic E-state index is 0.0396. The van der Waals surface area contributed by atoms with Crippen LogP contribution in [0.15, 0.2) is 12.2 Å². The van der Waals surface area contributed by atoms with Crippen molar-refractivity contribution >= 4 is 5.97 Å². The van der Waals surface area contributed by atoms with Crippen LogP contribution in [0.3, 0.4) is 0 Å². The molecule has 1 aromatic rings. The van der Waals surface area contributed by atoms with Gasteiger partial charge in [-0.05, 0) is 30.2 Å². The van der Waals surface area contributed by atoms with Gasteiger partial charge in [-0.2, -0.15) is 0 Å². The van der Waals surface area contributed by atoms with Crippen molar-refractivity contribution in [3.63, 3.8) is 0 Å². The van der Waals surface area contributed by atoms with Gasteiger partial charge in [0.2, 0.25) is 0 Å². The SMILES string of the molecule is C#Cc1c(F)c(F)c(COC(=O)[C@@H]2[C@@H](C=CC)C2(C)C)c(CC)c1F. The highest BCUT2D eigenvalue weighted by atomic mass is 19.2. The van der Waals surface area contributed by atoms with Crippen LogP contribution in [0, 0.1) is 47.0 Å². The number of ether oxygens (including phenoxy) is 1. The Morgan fingerprint density at radius 3 is 2.40 bits per heavy atom. The molecule has 2 atom stereocenters. The molecule has 25 heavy (non-hydrogen) atoms. The van der Waals surface area contributed by atoms with Gasteiger partial charge in [-0.25, -0.2) is 13.2 Å². The van der Waals surface area contributed by atoms with Crippen LogP contribution in [0.2, 0.25) is 0 Å². The molecule has 1 aliphatic rings. The first-order valence-electron chi connectivity index (χ1n) is 8.16. The number of rotatable bonds is 5. The molecule has 0 aliphatic heterocycles. The molecule has 0 aromatic heterocycles. The van der Waals surface area contributed by atoms with Gasteiger partial charge in [0.1, 0.15) is 12.4 Å². The standard InChI is InChI=1S/C20H21F3O2/c1-6-9-14-15(20(14,4)5)19(24)25-10-13-11(7-2)16(21)12(8-3)17(22)18(13)23/h3,6,9,14-15H,7,10H2,1-2,4-5H3/t14-,15+/m1/s1. The maximum Gasteiger partial charge on any atom is 0.310 e. The van der Waals surface area contributed by atoms with Gasteiger partial charge in [-0.15, -0.1) is 6.42 Å². The summed E-state index contributed by atoms with van der Waals surface area (Å²) < 4.78 is 47.6. The van der Waals surface area contributed by atoms with Crippen LogP contribution in [-0.4, -0.2) is 5.97 Å². The number of terminal acetylenes is 1. The molecule has 1 fully saturated rings. The second-order valence-electron chi connectivity index (χ2n) is 6.73. The van der Waals surface area contributed by atoms with Gasteiger partial charge >= 0.3 is 5.97 Å². The lowest BCUT2D eigenvalue weighted by Crippen LogP contribution is -2.14. The summed E-state index contributed by atoms with van der Waals surface area (Å²) in [5, 5.41) is 0. The number of carbonyl (C=O) groups is 1. The van der Waals surface area contributed by atoms with Crippen LogP contribution >= 0.6 is 0 Å². The molecule has 2 rings (SSSR count). The second kappa shape index (κ2) is 6.95. The first-order valence-corrected chi connectivity index (χ1v) is 8.16. The van der Waals surface area contributed by atoms with E-state index in [2.05, 4.69) is 0 Å². The Morgan fingerprint density at radius 1 is 1.24 bits per heavy atom. The average molecular weight is 350 g/mol. The highest BCUT2D eigenvalue weighted by Crippen LogP contribution is 2.59. The summed E-state index contributed by atoms with van der Waals surface area (Å²) in [5.41, 5.74) is -1.36. The molecule has 1 saturated carbocycles. The van der Waals surface area contributed by atoms with Crippen LogP contribution in [0.1, 0.15) is 44.4 Å². The Kier molecular flexibility index (Phi) is 5.31. The number of carbonyl (C=O) groups excluding carboxylic acids is 1. The summed E-state index contributed by atoms with van der Waals surface area (Å²) in [5.74, 6) is -2.66. The molecular weight excluding hydrogens is 329 g/mol. The Bertz CT molecular complexity index is 772. The molecule has 1 aliphatic carbocycles. The lowest BCUT2D eigenvalue weighted by Gasteiger charge is -2.14. The van der Waals surface area contributed by atoms with Gasteiger partial charge < -0.3 is 4.74 Å². The van der Waals surface area contributed by atoms with E-state index < -0.39 is 35.6 Å². The third kappa shape index (κ3) is 3.18. The molecule has 0 saturated heterocycles. The van der Waals surface area contributed by atoms with Crippen molar-refractivity contribution in [1.29, 1.82) is 0 Å². The van der Waals surface area contributed by atoms with Crippen molar-refractivity contribution < 1.29 is 22.7 Å². The summed E-state index contributed by atoms with van der Waals surface area (Å²) in [6.45, 7) is 6.79. The highest BCUT2D eigenvalue weighted by molar-refractivity contribution is 5.78. The van der Waals surface area contributed by atoms with Gasteiger partial charge in [-0.1, -0.05) is 38.8 Å². The fourth-order valence-electron chi connectivity index (χ4n) is 3.33. The zero-order valence-corrected chi connectivity index (χ0v) is 14.8. The quantitative estimate of drug-likeness (QED) is 0.337. The van der Waals surface area contributed by atoms with Crippen LogP contribution < -0.4 is 0 Å². The summed E-state index contributed by atoms with van der Waals surface area (Å²) in [7, 11) is 0. The Morgan fingerprint density at radius 2 is 1.88 bits per heavy atom. The zero-order chi connectivity index (χ0) is 18.9. The lowest BCUT2D eigenvalue weighted by atomic mass is 10.00. The summed E-state index contributed by atoms with van der Waals surface area (Å²) in [6.07, 6.45) is 8.93. The van der Waals surface area contributed by atoms with E-state index in [-0.39, 0.29) is 34.8 Å². The van der Waals surface area contributed by atoms with E-state index in [4.69, 9.17) is 11.2 Å². The third-order valence-electron chi connectivity index (χ3n) is 4.95. The second-order valence-corrected chi connectivity index (χ2v) is 6.73. The van der Waals surface area contributed by atoms with Crippen LogP contribution in [-0.2, 0) is 22.6 Å². The summed E-state index contributed by atoms with van der Waals surface area (Å²) >= 11 is 0. The molecule has 0 radical (unpaired) electrons. The Labute approximate surface area is 146 Å². The van der Waals surface area contributed by atoms with E-state index in [1.54, 1.807) is 6.92 Å². The molecule has 0 unspecified atom stereocenters. The fraction of sp³-hybridized carbons (Fsp3) is 0.450. The molecule has 1 aromatic carbocycles. The number of esters is 1. The number of hydrogen-bond donors (Lipinski definition) is 0. The normalized spacial score (nSPS) is 21.2. The molecule has 134 valence electrons. The molecular formula is C20H21F3O2. The molecule has 2 nitrogen and oxygen atoms in total. The maximum atomic E-state index is 14.3. The van der Waals surface area contributed by atoms with Crippen molar-refractivity contribution in [2.45, 2.75) is 40.7 Å². The first kappa shape index (κ1) is 19.1.